The molecule has 3 rings (SSSR count). The molecule has 0 aliphatic carbocycles. The van der Waals surface area contributed by atoms with E-state index in [-0.39, 0.29) is 17.8 Å². The Hall–Kier alpha value is -2.17. The predicted molar refractivity (Wildman–Crippen MR) is 67.8 cm³/mol. The van der Waals surface area contributed by atoms with Crippen molar-refractivity contribution in [1.82, 2.24) is 15.1 Å². The summed E-state index contributed by atoms with van der Waals surface area (Å²) in [4.78, 5) is 14.0. The van der Waals surface area contributed by atoms with Crippen molar-refractivity contribution in [3.8, 4) is 0 Å². The predicted octanol–water partition coefficient (Wildman–Crippen LogP) is 2.06. The number of amides is 1. The number of hydrogen-bond donors (Lipinski definition) is 1. The lowest BCUT2D eigenvalue weighted by Gasteiger charge is -2.41. The summed E-state index contributed by atoms with van der Waals surface area (Å²) in [5.41, 5.74) is 1.81. The summed E-state index contributed by atoms with van der Waals surface area (Å²) >= 11 is 0. The minimum Gasteiger partial charge on any atom is -0.335 e. The molecule has 1 aliphatic heterocycles. The highest BCUT2D eigenvalue weighted by molar-refractivity contribution is 5.79. The minimum atomic E-state index is -0.251. The number of carbonyl (C=O) groups excluding carboxylic acids is 1. The van der Waals surface area contributed by atoms with Gasteiger partial charge in [0.2, 0.25) is 5.91 Å². The van der Waals surface area contributed by atoms with Crippen LogP contribution in [0.4, 0.5) is 4.39 Å². The number of nitrogens with one attached hydrogen (secondary N) is 1. The summed E-state index contributed by atoms with van der Waals surface area (Å²) in [5, 5.41) is 6.61. The van der Waals surface area contributed by atoms with Crippen molar-refractivity contribution in [2.45, 2.75) is 18.9 Å². The highest BCUT2D eigenvalue weighted by Gasteiger charge is 2.33. The molecule has 1 atom stereocenters. The van der Waals surface area contributed by atoms with Crippen LogP contribution in [0.2, 0.25) is 0 Å². The topological polar surface area (TPSA) is 49.0 Å². The molecule has 5 heteroatoms. The van der Waals surface area contributed by atoms with Crippen LogP contribution in [-0.4, -0.2) is 27.5 Å². The first-order valence-corrected chi connectivity index (χ1v) is 6.27. The van der Waals surface area contributed by atoms with Gasteiger partial charge in [0.15, 0.2) is 0 Å². The Morgan fingerprint density at radius 3 is 2.74 bits per heavy atom. The Morgan fingerprint density at radius 2 is 2.16 bits per heavy atom. The second-order valence-electron chi connectivity index (χ2n) is 4.70. The number of aromatic nitrogens is 2. The Balaban J connectivity index is 1.69. The molecule has 19 heavy (non-hydrogen) atoms. The second-order valence-corrected chi connectivity index (χ2v) is 4.70. The SMILES string of the molecule is O=C(Cc1ccn[nH]1)N1CCC1c1ccc(F)cc1. The van der Waals surface area contributed by atoms with E-state index in [4.69, 9.17) is 0 Å². The average molecular weight is 259 g/mol. The van der Waals surface area contributed by atoms with Gasteiger partial charge in [0.05, 0.1) is 12.5 Å². The average Bonchev–Trinajstić information content (AvgIpc) is 2.83. The second kappa shape index (κ2) is 4.84. The van der Waals surface area contributed by atoms with Crippen LogP contribution in [0, 0.1) is 5.82 Å². The normalized spacial score (nSPS) is 18.2. The third-order valence-corrected chi connectivity index (χ3v) is 3.49. The molecule has 0 spiro atoms. The highest BCUT2D eigenvalue weighted by Crippen LogP contribution is 2.33. The first kappa shape index (κ1) is 11.9. The van der Waals surface area contributed by atoms with Gasteiger partial charge in [-0.2, -0.15) is 5.10 Å². The summed E-state index contributed by atoms with van der Waals surface area (Å²) in [5.74, 6) is -0.178. The summed E-state index contributed by atoms with van der Waals surface area (Å²) in [6, 6.07) is 8.24. The van der Waals surface area contributed by atoms with Crippen molar-refractivity contribution in [3.63, 3.8) is 0 Å². The Kier molecular flexibility index (Phi) is 3.03. The van der Waals surface area contributed by atoms with Crippen LogP contribution in [-0.2, 0) is 11.2 Å². The Bertz CT molecular complexity index is 565. The molecule has 1 unspecified atom stereocenters. The zero-order chi connectivity index (χ0) is 13.2. The van der Waals surface area contributed by atoms with Crippen molar-refractivity contribution >= 4 is 5.91 Å². The monoisotopic (exact) mass is 259 g/mol. The minimum absolute atomic E-state index is 0.0739. The first-order valence-electron chi connectivity index (χ1n) is 6.27. The molecular formula is C14H14FN3O. The lowest BCUT2D eigenvalue weighted by molar-refractivity contribution is -0.138. The van der Waals surface area contributed by atoms with Gasteiger partial charge in [0, 0.05) is 18.4 Å². The van der Waals surface area contributed by atoms with Crippen molar-refractivity contribution in [3.05, 3.63) is 53.6 Å². The third-order valence-electron chi connectivity index (χ3n) is 3.49. The van der Waals surface area contributed by atoms with Gasteiger partial charge in [-0.15, -0.1) is 0 Å². The molecule has 0 saturated carbocycles. The van der Waals surface area contributed by atoms with E-state index >= 15 is 0 Å². The first-order chi connectivity index (χ1) is 9.24. The van der Waals surface area contributed by atoms with E-state index in [0.29, 0.717) is 6.42 Å². The summed E-state index contributed by atoms with van der Waals surface area (Å²) in [6.07, 6.45) is 2.90. The summed E-state index contributed by atoms with van der Waals surface area (Å²) < 4.78 is 12.9. The van der Waals surface area contributed by atoms with Crippen molar-refractivity contribution < 1.29 is 9.18 Å². The molecule has 2 aromatic rings. The number of aromatic amines is 1. The maximum atomic E-state index is 12.9. The fraction of sp³-hybridized carbons (Fsp3) is 0.286. The molecule has 1 amide bonds. The van der Waals surface area contributed by atoms with E-state index in [1.54, 1.807) is 24.4 Å². The van der Waals surface area contributed by atoms with E-state index in [0.717, 1.165) is 24.2 Å². The molecule has 1 N–H and O–H groups in total. The van der Waals surface area contributed by atoms with Gasteiger partial charge in [0.25, 0.3) is 0 Å². The number of nitrogens with zero attached hydrogens (tertiary/aromatic N) is 2. The largest absolute Gasteiger partial charge is 0.335 e. The molecule has 1 aromatic carbocycles. The maximum absolute atomic E-state index is 12.9. The summed E-state index contributed by atoms with van der Waals surface area (Å²) in [7, 11) is 0. The number of H-pyrrole nitrogens is 1. The molecule has 98 valence electrons. The van der Waals surface area contributed by atoms with Crippen molar-refractivity contribution in [1.29, 1.82) is 0 Å². The van der Waals surface area contributed by atoms with Crippen LogP contribution >= 0.6 is 0 Å². The van der Waals surface area contributed by atoms with E-state index in [2.05, 4.69) is 10.2 Å². The lowest BCUT2D eigenvalue weighted by Crippen LogP contribution is -2.45. The number of rotatable bonds is 3. The van der Waals surface area contributed by atoms with Gasteiger partial charge in [-0.25, -0.2) is 4.39 Å². The van der Waals surface area contributed by atoms with Crippen LogP contribution in [0.25, 0.3) is 0 Å². The van der Waals surface area contributed by atoms with Crippen LogP contribution in [0.1, 0.15) is 23.7 Å². The molecular weight excluding hydrogens is 245 g/mol. The molecule has 2 heterocycles. The van der Waals surface area contributed by atoms with Gasteiger partial charge in [-0.1, -0.05) is 12.1 Å². The molecule has 0 radical (unpaired) electrons. The zero-order valence-electron chi connectivity index (χ0n) is 10.3. The number of likely N-dealkylation sites (tertiary alicyclic amines) is 1. The number of carbonyl (C=O) groups is 1. The lowest BCUT2D eigenvalue weighted by atomic mass is 9.94. The van der Waals surface area contributed by atoms with E-state index in [9.17, 15) is 9.18 Å². The third kappa shape index (κ3) is 2.36. The van der Waals surface area contributed by atoms with Gasteiger partial charge in [-0.3, -0.25) is 9.89 Å². The van der Waals surface area contributed by atoms with E-state index in [1.807, 2.05) is 4.90 Å². The molecule has 1 aliphatic rings. The molecule has 1 aromatic heterocycles. The zero-order valence-corrected chi connectivity index (χ0v) is 10.3. The van der Waals surface area contributed by atoms with Crippen LogP contribution in [0.15, 0.2) is 36.5 Å². The molecule has 0 bridgehead atoms. The molecule has 1 saturated heterocycles. The van der Waals surface area contributed by atoms with E-state index in [1.165, 1.54) is 12.1 Å². The van der Waals surface area contributed by atoms with Crippen LogP contribution < -0.4 is 0 Å². The standard InChI is InChI=1S/C14H14FN3O/c15-11-3-1-10(2-4-11)13-6-8-18(13)14(19)9-12-5-7-16-17-12/h1-5,7,13H,6,8-9H2,(H,16,17). The van der Waals surface area contributed by atoms with E-state index < -0.39 is 0 Å². The van der Waals surface area contributed by atoms with Crippen LogP contribution in [0.3, 0.4) is 0 Å². The maximum Gasteiger partial charge on any atom is 0.229 e. The van der Waals surface area contributed by atoms with Crippen LogP contribution in [0.5, 0.6) is 0 Å². The number of benzene rings is 1. The van der Waals surface area contributed by atoms with Gasteiger partial charge < -0.3 is 4.90 Å². The summed E-state index contributed by atoms with van der Waals surface area (Å²) in [6.45, 7) is 0.759. The Morgan fingerprint density at radius 1 is 1.37 bits per heavy atom. The van der Waals surface area contributed by atoms with Gasteiger partial charge in [0.1, 0.15) is 5.82 Å². The highest BCUT2D eigenvalue weighted by atomic mass is 19.1. The number of hydrogen-bond acceptors (Lipinski definition) is 2. The molecule has 1 fully saturated rings. The van der Waals surface area contributed by atoms with Gasteiger partial charge in [-0.05, 0) is 30.2 Å². The van der Waals surface area contributed by atoms with Crippen molar-refractivity contribution in [2.75, 3.05) is 6.54 Å². The quantitative estimate of drug-likeness (QED) is 0.917. The fourth-order valence-electron chi connectivity index (χ4n) is 2.36. The van der Waals surface area contributed by atoms with Gasteiger partial charge >= 0.3 is 0 Å². The van der Waals surface area contributed by atoms with Crippen molar-refractivity contribution in [2.24, 2.45) is 0 Å². The Labute approximate surface area is 110 Å². The fourth-order valence-corrected chi connectivity index (χ4v) is 2.36. The molecule has 4 nitrogen and oxygen atoms in total. The number of halogens is 1. The smallest absolute Gasteiger partial charge is 0.229 e.